The fourth-order valence-electron chi connectivity index (χ4n) is 4.47. The summed E-state index contributed by atoms with van der Waals surface area (Å²) in [5.41, 5.74) is -0.0293. The van der Waals surface area contributed by atoms with Gasteiger partial charge in [-0.05, 0) is 42.4 Å². The summed E-state index contributed by atoms with van der Waals surface area (Å²) in [6.45, 7) is 9.75. The van der Waals surface area contributed by atoms with E-state index in [9.17, 15) is 38.1 Å². The largest absolute Gasteiger partial charge is 0.504 e. The summed E-state index contributed by atoms with van der Waals surface area (Å²) in [6.07, 6.45) is -2.05. The first-order valence-electron chi connectivity index (χ1n) is 14.7. The van der Waals surface area contributed by atoms with Crippen molar-refractivity contribution < 1.29 is 42.9 Å². The smallest absolute Gasteiger partial charge is 0.407 e. The zero-order valence-corrected chi connectivity index (χ0v) is 27.4. The lowest BCUT2D eigenvalue weighted by molar-refractivity contribution is -0.132. The van der Waals surface area contributed by atoms with Gasteiger partial charge in [-0.25, -0.2) is 13.2 Å². The summed E-state index contributed by atoms with van der Waals surface area (Å²) in [7, 11) is -4.25. The van der Waals surface area contributed by atoms with E-state index in [4.69, 9.17) is 4.74 Å². The van der Waals surface area contributed by atoms with Crippen molar-refractivity contribution in [2.24, 2.45) is 11.3 Å². The number of carbonyl (C=O) groups is 3. The van der Waals surface area contributed by atoms with Crippen molar-refractivity contribution in [2.75, 3.05) is 26.2 Å². The molecule has 2 rings (SSSR count). The maximum absolute atomic E-state index is 13.7. The Balaban J connectivity index is 2.37. The van der Waals surface area contributed by atoms with Gasteiger partial charge in [-0.3, -0.25) is 9.59 Å². The van der Waals surface area contributed by atoms with E-state index in [2.05, 4.69) is 16.0 Å². The zero-order chi connectivity index (χ0) is 33.9. The summed E-state index contributed by atoms with van der Waals surface area (Å²) < 4.78 is 33.1. The minimum absolute atomic E-state index is 0.0151. The van der Waals surface area contributed by atoms with E-state index in [1.54, 1.807) is 65.8 Å². The van der Waals surface area contributed by atoms with Gasteiger partial charge in [0.05, 0.1) is 23.6 Å². The lowest BCUT2D eigenvalue weighted by Crippen LogP contribution is -2.59. The predicted molar refractivity (Wildman–Crippen MR) is 168 cm³/mol. The molecular weight excluding hydrogens is 604 g/mol. The van der Waals surface area contributed by atoms with Crippen molar-refractivity contribution in [2.45, 2.75) is 71.0 Å². The number of aliphatic hydroxyl groups excluding tert-OH is 1. The first kappa shape index (κ1) is 37.3. The highest BCUT2D eigenvalue weighted by Crippen LogP contribution is 2.29. The fraction of sp³-hybridized carbons (Fsp3) is 0.516. The van der Waals surface area contributed by atoms with Gasteiger partial charge >= 0.3 is 6.09 Å². The van der Waals surface area contributed by atoms with Crippen molar-refractivity contribution in [3.63, 3.8) is 0 Å². The Morgan fingerprint density at radius 1 is 0.956 bits per heavy atom. The molecule has 2 aromatic rings. The number of nitrogens with one attached hydrogen (secondary N) is 3. The summed E-state index contributed by atoms with van der Waals surface area (Å²) in [6, 6.07) is 10.1. The summed E-state index contributed by atoms with van der Waals surface area (Å²) in [5.74, 6) is -2.49. The number of hydrogen-bond donors (Lipinski definition) is 6. The summed E-state index contributed by atoms with van der Waals surface area (Å²) in [5, 5.41) is 38.9. The lowest BCUT2D eigenvalue weighted by Gasteiger charge is -2.34. The highest BCUT2D eigenvalue weighted by Gasteiger charge is 2.37. The Bertz CT molecular complexity index is 1400. The number of carbonyl (C=O) groups excluding carboxylic acids is 3. The van der Waals surface area contributed by atoms with Crippen molar-refractivity contribution in [1.82, 2.24) is 20.3 Å². The lowest BCUT2D eigenvalue weighted by atomic mass is 9.85. The van der Waals surface area contributed by atoms with Crippen molar-refractivity contribution in [1.29, 1.82) is 0 Å². The first-order valence-corrected chi connectivity index (χ1v) is 16.1. The van der Waals surface area contributed by atoms with Gasteiger partial charge in [0.25, 0.3) is 0 Å². The van der Waals surface area contributed by atoms with Crippen LogP contribution in [0.3, 0.4) is 0 Å². The van der Waals surface area contributed by atoms with Crippen LogP contribution in [0.25, 0.3) is 0 Å². The van der Waals surface area contributed by atoms with E-state index in [-0.39, 0.29) is 30.4 Å². The van der Waals surface area contributed by atoms with Crippen LogP contribution in [0.2, 0.25) is 0 Å². The number of amides is 3. The average Bonchev–Trinajstić information content (AvgIpc) is 2.95. The van der Waals surface area contributed by atoms with Crippen molar-refractivity contribution in [3.8, 4) is 11.5 Å². The molecule has 0 aliphatic rings. The van der Waals surface area contributed by atoms with E-state index in [1.807, 2.05) is 6.07 Å². The minimum Gasteiger partial charge on any atom is -0.504 e. The van der Waals surface area contributed by atoms with Crippen LogP contribution in [0.4, 0.5) is 4.79 Å². The molecular formula is C31H46N4O9S. The third-order valence-corrected chi connectivity index (χ3v) is 8.56. The molecule has 0 aliphatic heterocycles. The second-order valence-electron chi connectivity index (χ2n) is 12.2. The standard InChI is InChI=1S/C31H46N4O9S/c1-7-44-30(41)32-17-27(39)34-28(31(4,5)6)29(40)33-23(15-21-11-9-8-10-12-21)26(38)19-35(18-20(2)3)45(42,43)22-13-14-24(36)25(37)16-22/h8-14,16,20,23,26,28,36-38H,7,15,17-19H2,1-6H3,(H,32,41)(H,33,40)(H,34,39)/t23-,26+,28+/m0/s1. The Labute approximate surface area is 265 Å². The van der Waals surface area contributed by atoms with E-state index in [1.165, 1.54) is 0 Å². The molecule has 0 fully saturated rings. The van der Waals surface area contributed by atoms with Crippen LogP contribution in [-0.4, -0.2) is 90.4 Å². The van der Waals surface area contributed by atoms with Gasteiger partial charge in [0.2, 0.25) is 21.8 Å². The number of benzene rings is 2. The van der Waals surface area contributed by atoms with Crippen LogP contribution in [-0.2, 0) is 30.8 Å². The highest BCUT2D eigenvalue weighted by atomic mass is 32.2. The van der Waals surface area contributed by atoms with Crippen LogP contribution in [0.15, 0.2) is 53.4 Å². The van der Waals surface area contributed by atoms with Crippen LogP contribution in [0.1, 0.15) is 47.1 Å². The SMILES string of the molecule is CCOC(=O)NCC(=O)N[C@H](C(=O)N[C@@H](Cc1ccccc1)[C@H](O)CN(CC(C)C)S(=O)(=O)c1ccc(O)c(O)c1)C(C)(C)C. The van der Waals surface area contributed by atoms with Gasteiger partial charge in [0.15, 0.2) is 11.5 Å². The molecule has 14 heteroatoms. The van der Waals surface area contributed by atoms with E-state index < -0.39 is 76.1 Å². The molecule has 0 radical (unpaired) electrons. The third-order valence-electron chi connectivity index (χ3n) is 6.74. The molecule has 3 atom stereocenters. The molecule has 0 heterocycles. The average molecular weight is 651 g/mol. The minimum atomic E-state index is -4.25. The van der Waals surface area contributed by atoms with Gasteiger partial charge < -0.3 is 36.0 Å². The third kappa shape index (κ3) is 11.5. The number of hydrogen-bond acceptors (Lipinski definition) is 9. The summed E-state index contributed by atoms with van der Waals surface area (Å²) >= 11 is 0. The van der Waals surface area contributed by atoms with Gasteiger partial charge in [-0.1, -0.05) is 65.0 Å². The predicted octanol–water partition coefficient (Wildman–Crippen LogP) is 2.11. The molecule has 3 amide bonds. The first-order chi connectivity index (χ1) is 20.9. The quantitative estimate of drug-likeness (QED) is 0.157. The molecule has 0 saturated carbocycles. The van der Waals surface area contributed by atoms with Gasteiger partial charge in [0.1, 0.15) is 12.6 Å². The molecule has 2 aromatic carbocycles. The van der Waals surface area contributed by atoms with E-state index >= 15 is 0 Å². The molecule has 0 spiro atoms. The molecule has 0 aliphatic carbocycles. The Morgan fingerprint density at radius 3 is 2.16 bits per heavy atom. The van der Waals surface area contributed by atoms with Gasteiger partial charge in [-0.2, -0.15) is 4.31 Å². The molecule has 0 aromatic heterocycles. The normalized spacial score (nSPS) is 14.0. The monoisotopic (exact) mass is 650 g/mol. The molecule has 45 heavy (non-hydrogen) atoms. The second kappa shape index (κ2) is 16.4. The van der Waals surface area contributed by atoms with Crippen LogP contribution >= 0.6 is 0 Å². The van der Waals surface area contributed by atoms with Crippen LogP contribution in [0, 0.1) is 11.3 Å². The number of nitrogens with zero attached hydrogens (tertiary/aromatic N) is 1. The number of aromatic hydroxyl groups is 2. The second-order valence-corrected chi connectivity index (χ2v) is 14.1. The maximum Gasteiger partial charge on any atom is 0.407 e. The molecule has 0 bridgehead atoms. The number of phenolic OH excluding ortho intramolecular Hbond substituents is 2. The molecule has 250 valence electrons. The Morgan fingerprint density at radius 2 is 1.60 bits per heavy atom. The van der Waals surface area contributed by atoms with E-state index in [0.29, 0.717) is 0 Å². The van der Waals surface area contributed by atoms with Crippen LogP contribution < -0.4 is 16.0 Å². The number of alkyl carbamates (subject to hydrolysis) is 1. The Kier molecular flexibility index (Phi) is 13.6. The highest BCUT2D eigenvalue weighted by molar-refractivity contribution is 7.89. The van der Waals surface area contributed by atoms with Crippen molar-refractivity contribution in [3.05, 3.63) is 54.1 Å². The molecule has 0 unspecified atom stereocenters. The van der Waals surface area contributed by atoms with E-state index in [0.717, 1.165) is 28.1 Å². The number of phenols is 2. The van der Waals surface area contributed by atoms with Gasteiger partial charge in [0, 0.05) is 19.2 Å². The zero-order valence-electron chi connectivity index (χ0n) is 26.6. The van der Waals surface area contributed by atoms with Gasteiger partial charge in [-0.15, -0.1) is 0 Å². The maximum atomic E-state index is 13.7. The number of rotatable bonds is 15. The van der Waals surface area contributed by atoms with Crippen molar-refractivity contribution >= 4 is 27.9 Å². The number of sulfonamides is 1. The topological polar surface area (TPSA) is 195 Å². The fourth-order valence-corrected chi connectivity index (χ4v) is 6.11. The number of ether oxygens (including phenoxy) is 1. The van der Waals surface area contributed by atoms with Crippen LogP contribution in [0.5, 0.6) is 11.5 Å². The number of aliphatic hydroxyl groups is 1. The summed E-state index contributed by atoms with van der Waals surface area (Å²) in [4.78, 5) is 37.7. The Hall–Kier alpha value is -3.88. The molecule has 0 saturated heterocycles. The molecule has 6 N–H and O–H groups in total. The molecule has 13 nitrogen and oxygen atoms in total.